The number of amides is 2. The third-order valence-electron chi connectivity index (χ3n) is 6.51. The van der Waals surface area contributed by atoms with E-state index in [1.165, 1.54) is 24.0 Å². The number of aromatic nitrogens is 5. The second-order valence-corrected chi connectivity index (χ2v) is 9.43. The van der Waals surface area contributed by atoms with Crippen LogP contribution in [0.3, 0.4) is 0 Å². The van der Waals surface area contributed by atoms with Gasteiger partial charge >= 0.3 is 0 Å². The van der Waals surface area contributed by atoms with Crippen molar-refractivity contribution in [1.29, 1.82) is 0 Å². The number of halogens is 3. The summed E-state index contributed by atoms with van der Waals surface area (Å²) in [6.45, 7) is 0.761. The minimum absolute atomic E-state index is 0.0638. The highest BCUT2D eigenvalue weighted by Crippen LogP contribution is 2.27. The summed E-state index contributed by atoms with van der Waals surface area (Å²) in [7, 11) is 0. The van der Waals surface area contributed by atoms with Crippen LogP contribution in [0.1, 0.15) is 29.3 Å². The fraction of sp³-hybridized carbons (Fsp3) is 0.280. The summed E-state index contributed by atoms with van der Waals surface area (Å²) in [6, 6.07) is 8.83. The molecular formula is C25H22ClF2N7O3. The maximum Gasteiger partial charge on any atom is 0.243 e. The van der Waals surface area contributed by atoms with Gasteiger partial charge in [0.05, 0.1) is 11.6 Å². The Morgan fingerprint density at radius 3 is 2.76 bits per heavy atom. The van der Waals surface area contributed by atoms with E-state index in [9.17, 15) is 23.2 Å². The molecule has 0 spiro atoms. The molecule has 0 bridgehead atoms. The predicted molar refractivity (Wildman–Crippen MR) is 133 cm³/mol. The number of Topliss-reactive ketones (excluding diaryl/α,β-unsaturated/α-hetero) is 1. The number of hydrogen-bond donors (Lipinski definition) is 2. The number of fused-ring (bicyclic) bond motifs is 1. The van der Waals surface area contributed by atoms with Crippen LogP contribution in [-0.2, 0) is 22.7 Å². The first-order valence-corrected chi connectivity index (χ1v) is 12.1. The molecule has 3 heterocycles. The number of alkyl halides is 1. The Balaban J connectivity index is 1.32. The van der Waals surface area contributed by atoms with E-state index in [0.717, 1.165) is 0 Å². The highest BCUT2D eigenvalue weighted by Gasteiger charge is 2.39. The highest BCUT2D eigenvalue weighted by atomic mass is 35.5. The number of para-hydroxylation sites is 1. The minimum Gasteiger partial charge on any atom is -0.350 e. The molecule has 1 saturated heterocycles. The Hall–Kier alpha value is -4.19. The van der Waals surface area contributed by atoms with Gasteiger partial charge in [-0.25, -0.2) is 8.78 Å². The van der Waals surface area contributed by atoms with Gasteiger partial charge in [0.1, 0.15) is 24.6 Å². The van der Waals surface area contributed by atoms with Gasteiger partial charge in [0.15, 0.2) is 5.78 Å². The summed E-state index contributed by atoms with van der Waals surface area (Å²) in [5.41, 5.74) is 1.60. The number of likely N-dealkylation sites (tertiary alicyclic amines) is 1. The van der Waals surface area contributed by atoms with E-state index in [2.05, 4.69) is 25.9 Å². The van der Waals surface area contributed by atoms with Crippen LogP contribution < -0.4 is 5.32 Å². The van der Waals surface area contributed by atoms with E-state index in [4.69, 9.17) is 11.6 Å². The molecule has 2 aromatic carbocycles. The lowest BCUT2D eigenvalue weighted by Crippen LogP contribution is -2.46. The number of carbonyl (C=O) groups excluding carboxylic acids is 3. The van der Waals surface area contributed by atoms with Crippen LogP contribution >= 0.6 is 11.6 Å². The molecule has 2 amide bonds. The van der Waals surface area contributed by atoms with Gasteiger partial charge in [-0.1, -0.05) is 29.8 Å². The van der Waals surface area contributed by atoms with Crippen LogP contribution in [0.2, 0.25) is 5.02 Å². The van der Waals surface area contributed by atoms with Crippen molar-refractivity contribution in [2.45, 2.75) is 38.6 Å². The molecular weight excluding hydrogens is 520 g/mol. The van der Waals surface area contributed by atoms with Gasteiger partial charge in [0.25, 0.3) is 0 Å². The number of nitrogens with one attached hydrogen (secondary N) is 2. The summed E-state index contributed by atoms with van der Waals surface area (Å²) in [5, 5.41) is 16.5. The third kappa shape index (κ3) is 4.86. The minimum atomic E-state index is -1.39. The van der Waals surface area contributed by atoms with Gasteiger partial charge in [-0.3, -0.25) is 14.4 Å². The average molecular weight is 542 g/mol. The van der Waals surface area contributed by atoms with Crippen molar-refractivity contribution in [3.8, 4) is 11.4 Å². The third-order valence-corrected chi connectivity index (χ3v) is 6.78. The van der Waals surface area contributed by atoms with Crippen LogP contribution in [0.5, 0.6) is 0 Å². The number of H-pyrrole nitrogens is 1. The summed E-state index contributed by atoms with van der Waals surface area (Å²) in [6.07, 6.45) is 0.0118. The number of carbonyl (C=O) groups is 3. The van der Waals surface area contributed by atoms with E-state index >= 15 is 0 Å². The molecule has 10 nitrogen and oxygen atoms in total. The molecule has 196 valence electrons. The van der Waals surface area contributed by atoms with Crippen molar-refractivity contribution in [1.82, 2.24) is 35.4 Å². The van der Waals surface area contributed by atoms with Crippen molar-refractivity contribution >= 4 is 40.1 Å². The van der Waals surface area contributed by atoms with Crippen LogP contribution in [-0.4, -0.2) is 66.4 Å². The summed E-state index contributed by atoms with van der Waals surface area (Å²) in [5.74, 6) is -1.79. The number of benzene rings is 2. The number of aromatic amines is 1. The molecule has 1 aliphatic rings. The van der Waals surface area contributed by atoms with Gasteiger partial charge in [-0.2, -0.15) is 5.21 Å². The molecule has 2 atom stereocenters. The number of nitrogens with zero attached hydrogens (tertiary/aromatic N) is 5. The Morgan fingerprint density at radius 1 is 1.24 bits per heavy atom. The van der Waals surface area contributed by atoms with Gasteiger partial charge < -0.3 is 14.8 Å². The first-order chi connectivity index (χ1) is 18.2. The largest absolute Gasteiger partial charge is 0.350 e. The molecule has 38 heavy (non-hydrogen) atoms. The maximum absolute atomic E-state index is 14.6. The lowest BCUT2D eigenvalue weighted by molar-refractivity contribution is -0.139. The van der Waals surface area contributed by atoms with E-state index in [1.807, 2.05) is 0 Å². The highest BCUT2D eigenvalue weighted by molar-refractivity contribution is 6.31. The Bertz CT molecular complexity index is 1540. The molecule has 1 aliphatic heterocycles. The molecule has 0 unspecified atom stereocenters. The average Bonchev–Trinajstić information content (AvgIpc) is 3.64. The topological polar surface area (TPSA) is 126 Å². The lowest BCUT2D eigenvalue weighted by Gasteiger charge is -2.24. The zero-order chi connectivity index (χ0) is 27.0. The molecule has 1 fully saturated rings. The van der Waals surface area contributed by atoms with Crippen molar-refractivity contribution in [2.75, 3.05) is 6.54 Å². The monoisotopic (exact) mass is 541 g/mol. The normalized spacial score (nSPS) is 17.2. The summed E-state index contributed by atoms with van der Waals surface area (Å²) >= 11 is 6.00. The van der Waals surface area contributed by atoms with Gasteiger partial charge in [0, 0.05) is 46.8 Å². The fourth-order valence-electron chi connectivity index (χ4n) is 4.69. The van der Waals surface area contributed by atoms with Gasteiger partial charge in [-0.15, -0.1) is 10.2 Å². The standard InChI is InChI=1S/C25H22ClF2N7O3/c1-13(36)18-11-34(20-5-3-2-4-17(18)20)12-22(37)35-10-16(27)8-21(35)25(38)29-9-15-6-14(7-19(26)23(15)28)24-30-32-33-31-24/h2-7,11,16,21H,8-10,12H2,1H3,(H,29,38)(H,30,31,32,33)/t16-,21+/m1/s1. The quantitative estimate of drug-likeness (QED) is 0.346. The van der Waals surface area contributed by atoms with Crippen molar-refractivity contribution < 1.29 is 23.2 Å². The Kier molecular flexibility index (Phi) is 6.89. The van der Waals surface area contributed by atoms with Crippen LogP contribution in [0.4, 0.5) is 8.78 Å². The van der Waals surface area contributed by atoms with E-state index in [-0.39, 0.29) is 48.2 Å². The Labute approximate surface area is 219 Å². The van der Waals surface area contributed by atoms with Crippen molar-refractivity contribution in [3.63, 3.8) is 0 Å². The number of tetrazole rings is 1. The number of rotatable bonds is 7. The smallest absolute Gasteiger partial charge is 0.243 e. The van der Waals surface area contributed by atoms with Crippen molar-refractivity contribution in [2.24, 2.45) is 0 Å². The second-order valence-electron chi connectivity index (χ2n) is 9.02. The molecule has 2 N–H and O–H groups in total. The molecule has 0 saturated carbocycles. The van der Waals surface area contributed by atoms with E-state index in [1.54, 1.807) is 35.0 Å². The second kappa shape index (κ2) is 10.3. The Morgan fingerprint density at radius 2 is 2.03 bits per heavy atom. The number of ketones is 1. The zero-order valence-electron chi connectivity index (χ0n) is 20.1. The van der Waals surface area contributed by atoms with Gasteiger partial charge in [-0.05, 0) is 30.3 Å². The summed E-state index contributed by atoms with van der Waals surface area (Å²) in [4.78, 5) is 39.5. The SMILES string of the molecule is CC(=O)c1cn(CC(=O)N2C[C@H](F)C[C@H]2C(=O)NCc2cc(-c3nn[nH]n3)cc(Cl)c2F)c2ccccc12. The molecule has 5 rings (SSSR count). The van der Waals surface area contributed by atoms with Gasteiger partial charge in [0.2, 0.25) is 17.6 Å². The zero-order valence-corrected chi connectivity index (χ0v) is 20.9. The first-order valence-electron chi connectivity index (χ1n) is 11.7. The molecule has 0 aliphatic carbocycles. The molecule has 2 aromatic heterocycles. The van der Waals surface area contributed by atoms with E-state index < -0.39 is 29.8 Å². The summed E-state index contributed by atoms with van der Waals surface area (Å²) < 4.78 is 30.7. The molecule has 13 heteroatoms. The van der Waals surface area contributed by atoms with Crippen LogP contribution in [0.25, 0.3) is 22.3 Å². The predicted octanol–water partition coefficient (Wildman–Crippen LogP) is 3.07. The van der Waals surface area contributed by atoms with Crippen molar-refractivity contribution in [3.05, 3.63) is 64.6 Å². The van der Waals surface area contributed by atoms with E-state index in [0.29, 0.717) is 22.0 Å². The first kappa shape index (κ1) is 25.5. The van der Waals surface area contributed by atoms with Crippen LogP contribution in [0, 0.1) is 5.82 Å². The number of hydrogen-bond acceptors (Lipinski definition) is 6. The molecule has 0 radical (unpaired) electrons. The molecule has 4 aromatic rings. The fourth-order valence-corrected chi connectivity index (χ4v) is 4.93. The lowest BCUT2D eigenvalue weighted by atomic mass is 10.1. The van der Waals surface area contributed by atoms with Crippen LogP contribution in [0.15, 0.2) is 42.6 Å². The maximum atomic E-state index is 14.6.